The van der Waals surface area contributed by atoms with Crippen LogP contribution in [-0.2, 0) is 20.6 Å². The van der Waals surface area contributed by atoms with Gasteiger partial charge < -0.3 is 15.4 Å². The molecule has 2 atom stereocenters. The summed E-state index contributed by atoms with van der Waals surface area (Å²) in [4.78, 5) is 47.6. The number of amides is 3. The lowest BCUT2D eigenvalue weighted by Gasteiger charge is -2.42. The molecule has 13 nitrogen and oxygen atoms in total. The number of para-hydroxylation sites is 1. The number of allylic oxidation sites excluding steroid dienone is 1. The van der Waals surface area contributed by atoms with Gasteiger partial charge in [0.15, 0.2) is 0 Å². The van der Waals surface area contributed by atoms with Crippen LogP contribution in [0, 0.1) is 0 Å². The lowest BCUT2D eigenvalue weighted by Crippen LogP contribution is -2.56. The number of nitrogens with one attached hydrogen (secondary N) is 2. The summed E-state index contributed by atoms with van der Waals surface area (Å²) in [6.45, 7) is 9.36. The number of aromatic nitrogens is 4. The number of likely N-dealkylation sites (N-methyl/N-ethyl adjacent to an activating group) is 1. The average molecular weight is 732 g/mol. The molecule has 3 amide bonds. The molecule has 2 saturated heterocycles. The highest BCUT2D eigenvalue weighted by Gasteiger charge is 2.45. The molecule has 53 heavy (non-hydrogen) atoms. The van der Waals surface area contributed by atoms with E-state index in [-0.39, 0.29) is 17.1 Å². The van der Waals surface area contributed by atoms with Gasteiger partial charge in [-0.1, -0.05) is 36.4 Å². The largest absolute Gasteiger partial charge is 0.504 e. The first kappa shape index (κ1) is 36.1. The predicted molar refractivity (Wildman–Crippen MR) is 190 cm³/mol. The molecule has 0 saturated carbocycles. The first-order chi connectivity index (χ1) is 25.5. The summed E-state index contributed by atoms with van der Waals surface area (Å²) in [6, 6.07) is 16.4. The number of nitrogens with zero attached hydrogens (tertiary/aromatic N) is 7. The van der Waals surface area contributed by atoms with Crippen molar-refractivity contribution >= 4 is 29.2 Å². The van der Waals surface area contributed by atoms with Gasteiger partial charge >= 0.3 is 6.30 Å². The molecule has 7 rings (SSSR count). The Morgan fingerprint density at radius 3 is 2.42 bits per heavy atom. The van der Waals surface area contributed by atoms with E-state index in [1.54, 1.807) is 48.1 Å². The Balaban J connectivity index is 1.17. The predicted octanol–water partition coefficient (Wildman–Crippen LogP) is 3.74. The number of fused-ring (bicyclic) bond motifs is 1. The van der Waals surface area contributed by atoms with Gasteiger partial charge in [0.2, 0.25) is 0 Å². The molecule has 2 aromatic carbocycles. The second-order valence-corrected chi connectivity index (χ2v) is 13.2. The van der Waals surface area contributed by atoms with Crippen molar-refractivity contribution in [3.63, 3.8) is 0 Å². The van der Waals surface area contributed by atoms with Crippen molar-refractivity contribution < 1.29 is 32.3 Å². The van der Waals surface area contributed by atoms with Crippen LogP contribution in [0.4, 0.5) is 24.7 Å². The fraction of sp³-hybridized carbons (Fsp3) is 0.378. The van der Waals surface area contributed by atoms with E-state index in [2.05, 4.69) is 30.6 Å². The smallest absolute Gasteiger partial charge is 0.378 e. The number of carbonyl (C=O) groups is 3. The monoisotopic (exact) mass is 731 g/mol. The molecule has 2 aromatic heterocycles. The molecule has 2 fully saturated rings. The number of hydrogen-bond donors (Lipinski definition) is 2. The molecule has 3 aliphatic heterocycles. The highest BCUT2D eigenvalue weighted by molar-refractivity contribution is 6.05. The summed E-state index contributed by atoms with van der Waals surface area (Å²) in [5.74, 6) is -2.03. The molecule has 278 valence electrons. The standard InChI is InChI=1S/C37H40F3N9O4/c1-3-24(21-45-15-17-46(18-16-45)28-22-53-23-28)33(50)42-26-10-8-9-25(19-26)31-29-20-41-49(27-11-6-5-7-12-27)35(29)47(4-2)36(52)32(31)43-34(51)30-13-14-48(44-30)37(38,39)40/h3,5-14,19-20,28,31-32H,4,15-18,21-23H2,1-2H3,(H,42,50)(H,43,51)/b24-3+/t31-,32+/m1/s1. The number of benzene rings is 2. The second kappa shape index (κ2) is 15.0. The van der Waals surface area contributed by atoms with Gasteiger partial charge in [0.05, 0.1) is 31.1 Å². The molecule has 0 bridgehead atoms. The molecule has 4 aromatic rings. The number of halogens is 3. The molecular weight excluding hydrogens is 691 g/mol. The van der Waals surface area contributed by atoms with Crippen molar-refractivity contribution in [2.45, 2.75) is 38.1 Å². The Labute approximate surface area is 304 Å². The Bertz CT molecular complexity index is 2000. The number of piperazine rings is 1. The van der Waals surface area contributed by atoms with E-state index in [0.717, 1.165) is 45.5 Å². The molecular formula is C37H40F3N9O4. The summed E-state index contributed by atoms with van der Waals surface area (Å²) >= 11 is 0. The second-order valence-electron chi connectivity index (χ2n) is 13.2. The van der Waals surface area contributed by atoms with Crippen LogP contribution in [0.1, 0.15) is 41.4 Å². The maximum atomic E-state index is 14.3. The van der Waals surface area contributed by atoms with Crippen LogP contribution in [0.25, 0.3) is 5.69 Å². The third-order valence-corrected chi connectivity index (χ3v) is 9.99. The minimum Gasteiger partial charge on any atom is -0.378 e. The van der Waals surface area contributed by atoms with Gasteiger partial charge in [0.25, 0.3) is 17.7 Å². The first-order valence-corrected chi connectivity index (χ1v) is 17.5. The van der Waals surface area contributed by atoms with Crippen molar-refractivity contribution in [1.29, 1.82) is 0 Å². The molecule has 2 N–H and O–H groups in total. The quantitative estimate of drug-likeness (QED) is 0.236. The number of alkyl halides is 3. The fourth-order valence-corrected chi connectivity index (χ4v) is 7.10. The zero-order valence-electron chi connectivity index (χ0n) is 29.3. The summed E-state index contributed by atoms with van der Waals surface area (Å²) in [5.41, 5.74) is 2.46. The van der Waals surface area contributed by atoms with Crippen molar-refractivity contribution in [1.82, 2.24) is 34.7 Å². The lowest BCUT2D eigenvalue weighted by atomic mass is 9.82. The van der Waals surface area contributed by atoms with Crippen molar-refractivity contribution in [2.75, 3.05) is 62.7 Å². The number of ether oxygens (including phenoxy) is 1. The highest BCUT2D eigenvalue weighted by Crippen LogP contribution is 2.42. The number of carbonyl (C=O) groups excluding carboxylic acids is 3. The van der Waals surface area contributed by atoms with E-state index in [1.807, 2.05) is 37.3 Å². The van der Waals surface area contributed by atoms with E-state index in [1.165, 1.54) is 4.90 Å². The number of anilines is 2. The van der Waals surface area contributed by atoms with Crippen LogP contribution in [0.5, 0.6) is 0 Å². The van der Waals surface area contributed by atoms with Crippen LogP contribution in [0.15, 0.2) is 84.7 Å². The molecule has 0 radical (unpaired) electrons. The summed E-state index contributed by atoms with van der Waals surface area (Å²) < 4.78 is 46.6. The van der Waals surface area contributed by atoms with Crippen LogP contribution in [0.2, 0.25) is 0 Å². The Kier molecular flexibility index (Phi) is 10.2. The summed E-state index contributed by atoms with van der Waals surface area (Å²) in [5, 5.41) is 13.7. The third-order valence-electron chi connectivity index (χ3n) is 9.99. The van der Waals surface area contributed by atoms with E-state index in [4.69, 9.17) is 4.74 Å². The molecule has 16 heteroatoms. The van der Waals surface area contributed by atoms with Gasteiger partial charge in [-0.05, 0) is 49.7 Å². The Morgan fingerprint density at radius 1 is 1.02 bits per heavy atom. The van der Waals surface area contributed by atoms with Crippen LogP contribution >= 0.6 is 0 Å². The maximum absolute atomic E-state index is 14.3. The number of hydrogen-bond acceptors (Lipinski definition) is 8. The summed E-state index contributed by atoms with van der Waals surface area (Å²) in [6.07, 6.45) is -0.744. The zero-order valence-corrected chi connectivity index (χ0v) is 29.3. The lowest BCUT2D eigenvalue weighted by molar-refractivity contribution is -0.212. The van der Waals surface area contributed by atoms with Gasteiger partial charge in [0, 0.05) is 68.2 Å². The SMILES string of the molecule is C/C=C(\CN1CCN(C2COC2)CC1)C(=O)Nc1cccc([C@@H]2c3cnn(-c4ccccc4)c3N(CC)C(=O)[C@H]2NC(=O)c2ccn(C(F)(F)F)n2)c1. The third kappa shape index (κ3) is 7.34. The van der Waals surface area contributed by atoms with Gasteiger partial charge in [0.1, 0.15) is 17.6 Å². The molecule has 0 spiro atoms. The van der Waals surface area contributed by atoms with Gasteiger partial charge in [-0.15, -0.1) is 13.2 Å². The fourth-order valence-electron chi connectivity index (χ4n) is 7.10. The van der Waals surface area contributed by atoms with E-state index in [9.17, 15) is 27.6 Å². The van der Waals surface area contributed by atoms with Crippen molar-refractivity contribution in [2.24, 2.45) is 0 Å². The topological polar surface area (TPSA) is 130 Å². The average Bonchev–Trinajstić information content (AvgIpc) is 3.81. The van der Waals surface area contributed by atoms with E-state index >= 15 is 0 Å². The Morgan fingerprint density at radius 2 is 1.77 bits per heavy atom. The molecule has 0 aliphatic carbocycles. The van der Waals surface area contributed by atoms with Crippen LogP contribution in [0.3, 0.4) is 0 Å². The zero-order chi connectivity index (χ0) is 37.3. The highest BCUT2D eigenvalue weighted by atomic mass is 19.4. The van der Waals surface area contributed by atoms with E-state index in [0.29, 0.717) is 52.7 Å². The van der Waals surface area contributed by atoms with Crippen molar-refractivity contribution in [3.8, 4) is 5.69 Å². The van der Waals surface area contributed by atoms with Crippen LogP contribution in [-0.4, -0.2) is 112 Å². The minimum atomic E-state index is -4.82. The Hall–Kier alpha value is -5.32. The van der Waals surface area contributed by atoms with Crippen molar-refractivity contribution in [3.05, 3.63) is 102 Å². The van der Waals surface area contributed by atoms with Gasteiger partial charge in [-0.3, -0.25) is 29.1 Å². The first-order valence-electron chi connectivity index (χ1n) is 17.5. The molecule has 0 unspecified atom stereocenters. The van der Waals surface area contributed by atoms with Crippen LogP contribution < -0.4 is 15.5 Å². The minimum absolute atomic E-state index is 0.221. The van der Waals surface area contributed by atoms with E-state index < -0.39 is 35.8 Å². The maximum Gasteiger partial charge on any atom is 0.504 e. The molecule has 3 aliphatic rings. The molecule has 5 heterocycles. The number of rotatable bonds is 10. The normalized spacial score (nSPS) is 20.2. The van der Waals surface area contributed by atoms with Gasteiger partial charge in [-0.2, -0.15) is 14.9 Å². The summed E-state index contributed by atoms with van der Waals surface area (Å²) in [7, 11) is 0. The van der Waals surface area contributed by atoms with Gasteiger partial charge in [-0.25, -0.2) is 4.68 Å².